The Hall–Kier alpha value is -1.10. The van der Waals surface area contributed by atoms with E-state index in [0.717, 1.165) is 31.2 Å². The molecule has 0 bridgehead atoms. The fourth-order valence-corrected chi connectivity index (χ4v) is 6.47. The van der Waals surface area contributed by atoms with Gasteiger partial charge in [-0.15, -0.1) is 0 Å². The van der Waals surface area contributed by atoms with Crippen LogP contribution >= 0.6 is 0 Å². The van der Waals surface area contributed by atoms with Crippen molar-refractivity contribution in [1.82, 2.24) is 0 Å². The van der Waals surface area contributed by atoms with Crippen LogP contribution in [-0.4, -0.2) is 35.3 Å². The third-order valence-electron chi connectivity index (χ3n) is 7.53. The first-order valence-corrected chi connectivity index (χ1v) is 9.32. The summed E-state index contributed by atoms with van der Waals surface area (Å²) in [6.45, 7) is 3.72. The quantitative estimate of drug-likeness (QED) is 0.768. The first-order valence-electron chi connectivity index (χ1n) is 9.32. The predicted octanol–water partition coefficient (Wildman–Crippen LogP) is 2.96. The minimum atomic E-state index is -0.419. The van der Waals surface area contributed by atoms with Gasteiger partial charge in [0.25, 0.3) is 0 Å². The number of aromatic hydroxyl groups is 1. The van der Waals surface area contributed by atoms with Crippen molar-refractivity contribution in [3.05, 3.63) is 29.3 Å². The zero-order chi connectivity index (χ0) is 16.5. The molecule has 3 unspecified atom stereocenters. The van der Waals surface area contributed by atoms with Crippen molar-refractivity contribution in [2.75, 3.05) is 13.2 Å². The molecule has 130 valence electrons. The summed E-state index contributed by atoms with van der Waals surface area (Å²) in [5.41, 5.74) is 2.45. The first-order chi connectivity index (χ1) is 11.5. The molecule has 3 aliphatic carbocycles. The smallest absolute Gasteiger partial charge is 0.174 e. The molecule has 5 rings (SSSR count). The Balaban J connectivity index is 1.55. The van der Waals surface area contributed by atoms with Crippen LogP contribution in [0.25, 0.3) is 0 Å². The second-order valence-electron chi connectivity index (χ2n) is 8.39. The average Bonchev–Trinajstić information content (AvgIpc) is 3.14. The van der Waals surface area contributed by atoms with Gasteiger partial charge in [0.2, 0.25) is 0 Å². The van der Waals surface area contributed by atoms with E-state index < -0.39 is 5.79 Å². The van der Waals surface area contributed by atoms with Crippen LogP contribution in [0.5, 0.6) is 5.75 Å². The molecule has 4 heteroatoms. The van der Waals surface area contributed by atoms with Crippen molar-refractivity contribution >= 4 is 0 Å². The fraction of sp³-hybridized carbons (Fsp3) is 0.700. The molecule has 0 amide bonds. The Labute approximate surface area is 142 Å². The van der Waals surface area contributed by atoms with Gasteiger partial charge in [-0.05, 0) is 66.7 Å². The number of phenolic OH excluding ortho intramolecular Hbond substituents is 1. The Morgan fingerprint density at radius 3 is 2.71 bits per heavy atom. The normalized spacial score (nSPS) is 42.6. The third kappa shape index (κ3) is 1.80. The number of fused-ring (bicyclic) bond motifs is 6. The summed E-state index contributed by atoms with van der Waals surface area (Å²) < 4.78 is 12.3. The lowest BCUT2D eigenvalue weighted by Crippen LogP contribution is -2.54. The molecule has 0 aromatic heterocycles. The van der Waals surface area contributed by atoms with Crippen LogP contribution in [0.15, 0.2) is 18.2 Å². The monoisotopic (exact) mass is 330 g/mol. The summed E-state index contributed by atoms with van der Waals surface area (Å²) in [5.74, 6) is 0.975. The van der Waals surface area contributed by atoms with Gasteiger partial charge < -0.3 is 19.7 Å². The molecule has 1 aromatic rings. The van der Waals surface area contributed by atoms with E-state index >= 15 is 0 Å². The summed E-state index contributed by atoms with van der Waals surface area (Å²) in [6.07, 6.45) is 4.46. The number of rotatable bonds is 0. The molecule has 5 atom stereocenters. The van der Waals surface area contributed by atoms with Crippen molar-refractivity contribution < 1.29 is 19.7 Å². The largest absolute Gasteiger partial charge is 0.508 e. The highest BCUT2D eigenvalue weighted by molar-refractivity contribution is 5.41. The Kier molecular flexibility index (Phi) is 3.14. The lowest BCUT2D eigenvalue weighted by molar-refractivity contribution is -0.240. The van der Waals surface area contributed by atoms with Gasteiger partial charge in [-0.1, -0.05) is 13.0 Å². The maximum absolute atomic E-state index is 11.0. The number of hydrogen-bond donors (Lipinski definition) is 2. The third-order valence-corrected chi connectivity index (χ3v) is 7.53. The van der Waals surface area contributed by atoms with E-state index in [1.165, 1.54) is 5.56 Å². The van der Waals surface area contributed by atoms with E-state index in [1.54, 1.807) is 6.07 Å². The van der Waals surface area contributed by atoms with Crippen LogP contribution in [0.4, 0.5) is 0 Å². The number of phenols is 1. The van der Waals surface area contributed by atoms with Crippen LogP contribution in [-0.2, 0) is 15.9 Å². The van der Waals surface area contributed by atoms with Gasteiger partial charge >= 0.3 is 0 Å². The van der Waals surface area contributed by atoms with Gasteiger partial charge in [-0.3, -0.25) is 0 Å². The van der Waals surface area contributed by atoms with Gasteiger partial charge in [0, 0.05) is 11.8 Å². The molecule has 1 saturated heterocycles. The van der Waals surface area contributed by atoms with E-state index in [4.69, 9.17) is 9.47 Å². The van der Waals surface area contributed by atoms with Crippen LogP contribution in [0.2, 0.25) is 0 Å². The van der Waals surface area contributed by atoms with Crippen LogP contribution in [0, 0.1) is 17.3 Å². The van der Waals surface area contributed by atoms with Gasteiger partial charge in [0.1, 0.15) is 5.75 Å². The molecule has 1 heterocycles. The van der Waals surface area contributed by atoms with E-state index in [1.807, 2.05) is 6.07 Å². The zero-order valence-electron chi connectivity index (χ0n) is 14.2. The Morgan fingerprint density at radius 1 is 1.12 bits per heavy atom. The van der Waals surface area contributed by atoms with Crippen molar-refractivity contribution in [3.8, 4) is 5.75 Å². The molecule has 0 radical (unpaired) electrons. The van der Waals surface area contributed by atoms with E-state index in [2.05, 4.69) is 13.0 Å². The molecule has 1 aromatic carbocycles. The Bertz CT molecular complexity index is 666. The van der Waals surface area contributed by atoms with Gasteiger partial charge in [0.15, 0.2) is 5.79 Å². The second kappa shape index (κ2) is 4.96. The lowest BCUT2D eigenvalue weighted by Gasteiger charge is -2.54. The first kappa shape index (κ1) is 15.2. The highest BCUT2D eigenvalue weighted by atomic mass is 16.7. The van der Waals surface area contributed by atoms with Crippen LogP contribution in [0.3, 0.4) is 0 Å². The molecule has 24 heavy (non-hydrogen) atoms. The number of ether oxygens (including phenoxy) is 2. The number of benzene rings is 1. The highest BCUT2D eigenvalue weighted by Crippen LogP contribution is 2.66. The van der Waals surface area contributed by atoms with Gasteiger partial charge in [0.05, 0.1) is 19.3 Å². The Morgan fingerprint density at radius 2 is 1.92 bits per heavy atom. The lowest BCUT2D eigenvalue weighted by atomic mass is 9.54. The molecule has 3 fully saturated rings. The summed E-state index contributed by atoms with van der Waals surface area (Å²) in [4.78, 5) is 0. The second-order valence-corrected chi connectivity index (χ2v) is 8.39. The van der Waals surface area contributed by atoms with Crippen molar-refractivity contribution in [2.45, 2.75) is 56.8 Å². The van der Waals surface area contributed by atoms with Crippen molar-refractivity contribution in [2.24, 2.45) is 17.3 Å². The van der Waals surface area contributed by atoms with Gasteiger partial charge in [-0.2, -0.15) is 0 Å². The topological polar surface area (TPSA) is 58.9 Å². The molecule has 4 nitrogen and oxygen atoms in total. The highest BCUT2D eigenvalue weighted by Gasteiger charge is 2.66. The average molecular weight is 330 g/mol. The molecule has 1 spiro atoms. The SMILES string of the molecule is C[C@]12CCC3c4ccc(O)cc4C[C@@H](O)C3C1CCC21OCCO1. The predicted molar refractivity (Wildman–Crippen MR) is 88.7 cm³/mol. The maximum Gasteiger partial charge on any atom is 0.174 e. The number of aliphatic hydroxyl groups is 1. The maximum atomic E-state index is 11.0. The fourth-order valence-electron chi connectivity index (χ4n) is 6.47. The summed E-state index contributed by atoms with van der Waals surface area (Å²) >= 11 is 0. The standard InChI is InChI=1S/C20H26O4/c1-19-6-4-15-14-3-2-13(21)10-12(14)11-17(22)18(15)16(19)5-7-20(19)23-8-9-24-20/h2-3,10,15-18,21-22H,4-9,11H2,1H3/t15?,16?,17-,18?,19+/m1/s1. The molecular weight excluding hydrogens is 304 g/mol. The van der Waals surface area contributed by atoms with Crippen LogP contribution < -0.4 is 0 Å². The zero-order valence-corrected chi connectivity index (χ0v) is 14.2. The summed E-state index contributed by atoms with van der Waals surface area (Å²) in [6, 6.07) is 5.70. The van der Waals surface area contributed by atoms with Crippen molar-refractivity contribution in [1.29, 1.82) is 0 Å². The van der Waals surface area contributed by atoms with E-state index in [-0.39, 0.29) is 17.4 Å². The molecule has 2 N–H and O–H groups in total. The molecule has 2 saturated carbocycles. The molecule has 1 aliphatic heterocycles. The molecular formula is C20H26O4. The summed E-state index contributed by atoms with van der Waals surface area (Å²) in [5, 5.41) is 20.8. The van der Waals surface area contributed by atoms with Crippen LogP contribution in [0.1, 0.15) is 49.7 Å². The van der Waals surface area contributed by atoms with E-state index in [9.17, 15) is 10.2 Å². The summed E-state index contributed by atoms with van der Waals surface area (Å²) in [7, 11) is 0. The minimum Gasteiger partial charge on any atom is -0.508 e. The van der Waals surface area contributed by atoms with Gasteiger partial charge in [-0.25, -0.2) is 0 Å². The number of hydrogen-bond acceptors (Lipinski definition) is 4. The minimum absolute atomic E-state index is 0.0000687. The molecule has 4 aliphatic rings. The number of aliphatic hydroxyl groups excluding tert-OH is 1. The van der Waals surface area contributed by atoms with Crippen molar-refractivity contribution in [3.63, 3.8) is 0 Å². The van der Waals surface area contributed by atoms with E-state index in [0.29, 0.717) is 37.2 Å².